The molecule has 0 spiro atoms. The molecule has 0 bridgehead atoms. The van der Waals surface area contributed by atoms with Gasteiger partial charge in [-0.1, -0.05) is 17.7 Å². The molecule has 0 saturated heterocycles. The monoisotopic (exact) mass is 374 g/mol. The predicted octanol–water partition coefficient (Wildman–Crippen LogP) is 4.85. The van der Waals surface area contributed by atoms with Gasteiger partial charge in [-0.3, -0.25) is 9.78 Å². The van der Waals surface area contributed by atoms with Crippen LogP contribution < -0.4 is 5.32 Å². The van der Waals surface area contributed by atoms with Crippen LogP contribution in [0.15, 0.2) is 53.4 Å². The summed E-state index contributed by atoms with van der Waals surface area (Å²) in [4.78, 5) is 16.4. The van der Waals surface area contributed by atoms with Gasteiger partial charge in [0.15, 0.2) is 0 Å². The van der Waals surface area contributed by atoms with Crippen LogP contribution in [0.1, 0.15) is 17.5 Å². The van der Waals surface area contributed by atoms with Gasteiger partial charge in [0.05, 0.1) is 10.7 Å². The van der Waals surface area contributed by atoms with E-state index in [0.717, 1.165) is 22.4 Å². The van der Waals surface area contributed by atoms with Crippen molar-refractivity contribution in [3.63, 3.8) is 0 Å². The van der Waals surface area contributed by atoms with Gasteiger partial charge in [-0.2, -0.15) is 11.3 Å². The van der Waals surface area contributed by atoms with E-state index < -0.39 is 5.82 Å². The first-order valence-electron chi connectivity index (χ1n) is 7.80. The molecule has 3 nitrogen and oxygen atoms in total. The molecule has 0 aliphatic rings. The third-order valence-corrected chi connectivity index (χ3v) is 4.75. The van der Waals surface area contributed by atoms with E-state index >= 15 is 0 Å². The highest BCUT2D eigenvalue weighted by molar-refractivity contribution is 7.08. The van der Waals surface area contributed by atoms with Gasteiger partial charge in [-0.05, 0) is 53.3 Å². The second-order valence-corrected chi connectivity index (χ2v) is 6.77. The van der Waals surface area contributed by atoms with Crippen molar-refractivity contribution in [3.05, 3.63) is 75.3 Å². The Morgan fingerprint density at radius 3 is 2.84 bits per heavy atom. The number of thiophene rings is 1. The van der Waals surface area contributed by atoms with Crippen LogP contribution >= 0.6 is 22.9 Å². The number of nitrogens with one attached hydrogen (secondary N) is 1. The third kappa shape index (κ3) is 4.87. The highest BCUT2D eigenvalue weighted by Gasteiger charge is 2.06. The number of amides is 1. The van der Waals surface area contributed by atoms with Crippen LogP contribution in [0.4, 0.5) is 4.39 Å². The van der Waals surface area contributed by atoms with Crippen molar-refractivity contribution in [2.24, 2.45) is 0 Å². The molecular formula is C19H16ClFN2OS. The molecule has 3 aromatic rings. The molecule has 2 aromatic heterocycles. The van der Waals surface area contributed by atoms with E-state index in [2.05, 4.69) is 10.3 Å². The van der Waals surface area contributed by atoms with E-state index in [1.807, 2.05) is 29.0 Å². The summed E-state index contributed by atoms with van der Waals surface area (Å²) in [6.07, 6.45) is 2.50. The van der Waals surface area contributed by atoms with Crippen LogP contribution in [0.5, 0.6) is 0 Å². The van der Waals surface area contributed by atoms with Crippen molar-refractivity contribution in [2.45, 2.75) is 19.4 Å². The lowest BCUT2D eigenvalue weighted by molar-refractivity contribution is -0.121. The molecule has 3 rings (SSSR count). The third-order valence-electron chi connectivity index (χ3n) is 3.76. The van der Waals surface area contributed by atoms with Crippen molar-refractivity contribution in [1.29, 1.82) is 0 Å². The van der Waals surface area contributed by atoms with Gasteiger partial charge in [0.2, 0.25) is 5.91 Å². The molecule has 0 aliphatic carbocycles. The summed E-state index contributed by atoms with van der Waals surface area (Å²) in [5.41, 5.74) is 3.70. The zero-order chi connectivity index (χ0) is 17.6. The summed E-state index contributed by atoms with van der Waals surface area (Å²) in [7, 11) is 0. The smallest absolute Gasteiger partial charge is 0.220 e. The second-order valence-electron chi connectivity index (χ2n) is 5.59. The largest absolute Gasteiger partial charge is 0.352 e. The molecule has 0 radical (unpaired) electrons. The molecule has 2 heterocycles. The van der Waals surface area contributed by atoms with Crippen molar-refractivity contribution >= 4 is 28.8 Å². The first-order chi connectivity index (χ1) is 12.1. The molecule has 0 fully saturated rings. The van der Waals surface area contributed by atoms with Gasteiger partial charge in [-0.25, -0.2) is 4.39 Å². The van der Waals surface area contributed by atoms with Gasteiger partial charge in [0.1, 0.15) is 5.82 Å². The van der Waals surface area contributed by atoms with Crippen molar-refractivity contribution in [3.8, 4) is 11.3 Å². The van der Waals surface area contributed by atoms with Crippen molar-refractivity contribution in [1.82, 2.24) is 10.3 Å². The lowest BCUT2D eigenvalue weighted by Crippen LogP contribution is -2.23. The van der Waals surface area contributed by atoms with Gasteiger partial charge in [0, 0.05) is 30.1 Å². The van der Waals surface area contributed by atoms with Crippen LogP contribution in [0.3, 0.4) is 0 Å². The summed E-state index contributed by atoms with van der Waals surface area (Å²) in [6, 6.07) is 10.5. The summed E-state index contributed by atoms with van der Waals surface area (Å²) in [5, 5.41) is 7.02. The van der Waals surface area contributed by atoms with E-state index in [0.29, 0.717) is 19.4 Å². The molecule has 1 aromatic carbocycles. The fourth-order valence-electron chi connectivity index (χ4n) is 2.39. The Hall–Kier alpha value is -2.24. The van der Waals surface area contributed by atoms with E-state index in [9.17, 15) is 9.18 Å². The number of hydrogen-bond acceptors (Lipinski definition) is 3. The Morgan fingerprint density at radius 1 is 1.20 bits per heavy atom. The number of halogens is 2. The molecule has 1 N–H and O–H groups in total. The molecule has 6 heteroatoms. The van der Waals surface area contributed by atoms with Gasteiger partial charge in [-0.15, -0.1) is 0 Å². The predicted molar refractivity (Wildman–Crippen MR) is 99.1 cm³/mol. The highest BCUT2D eigenvalue weighted by atomic mass is 35.5. The second kappa shape index (κ2) is 8.23. The van der Waals surface area contributed by atoms with Crippen LogP contribution in [0.2, 0.25) is 5.02 Å². The Bertz CT molecular complexity index is 868. The maximum atomic E-state index is 13.4. The van der Waals surface area contributed by atoms with Crippen LogP contribution in [-0.2, 0) is 17.8 Å². The molecular weight excluding hydrogens is 359 g/mol. The van der Waals surface area contributed by atoms with E-state index in [4.69, 9.17) is 11.6 Å². The highest BCUT2D eigenvalue weighted by Crippen LogP contribution is 2.20. The summed E-state index contributed by atoms with van der Waals surface area (Å²) >= 11 is 7.27. The number of rotatable bonds is 6. The quantitative estimate of drug-likeness (QED) is 0.670. The first kappa shape index (κ1) is 17.6. The average molecular weight is 375 g/mol. The molecule has 0 unspecified atom stereocenters. The average Bonchev–Trinajstić information content (AvgIpc) is 3.16. The number of aromatic nitrogens is 1. The minimum absolute atomic E-state index is 0.0794. The van der Waals surface area contributed by atoms with E-state index in [1.165, 1.54) is 12.1 Å². The zero-order valence-electron chi connectivity index (χ0n) is 13.3. The van der Waals surface area contributed by atoms with E-state index in [-0.39, 0.29) is 10.9 Å². The minimum atomic E-state index is -0.461. The van der Waals surface area contributed by atoms with Gasteiger partial charge >= 0.3 is 0 Å². The Balaban J connectivity index is 1.52. The fraction of sp³-hybridized carbons (Fsp3) is 0.158. The zero-order valence-corrected chi connectivity index (χ0v) is 14.9. The van der Waals surface area contributed by atoms with Crippen LogP contribution in [0, 0.1) is 5.82 Å². The number of hydrogen-bond donors (Lipinski definition) is 1. The SMILES string of the molecule is O=C(CCc1ccc(Cl)c(F)c1)NCc1ccnc(-c2ccsc2)c1. The maximum Gasteiger partial charge on any atom is 0.220 e. The lowest BCUT2D eigenvalue weighted by Gasteiger charge is -2.07. The lowest BCUT2D eigenvalue weighted by atomic mass is 10.1. The molecule has 1 amide bonds. The van der Waals surface area contributed by atoms with Crippen LogP contribution in [-0.4, -0.2) is 10.9 Å². The number of nitrogens with zero attached hydrogens (tertiary/aromatic N) is 1. The first-order valence-corrected chi connectivity index (χ1v) is 9.12. The Morgan fingerprint density at radius 2 is 2.08 bits per heavy atom. The van der Waals surface area contributed by atoms with Gasteiger partial charge < -0.3 is 5.32 Å². The number of carbonyl (C=O) groups excluding carboxylic acids is 1. The topological polar surface area (TPSA) is 42.0 Å². The van der Waals surface area contributed by atoms with Crippen LogP contribution in [0.25, 0.3) is 11.3 Å². The number of benzene rings is 1. The molecule has 25 heavy (non-hydrogen) atoms. The van der Waals surface area contributed by atoms with E-state index in [1.54, 1.807) is 23.6 Å². The summed E-state index contributed by atoms with van der Waals surface area (Å²) in [6.45, 7) is 0.438. The summed E-state index contributed by atoms with van der Waals surface area (Å²) < 4.78 is 13.4. The molecule has 0 saturated carbocycles. The molecule has 0 atom stereocenters. The number of aryl methyl sites for hydroxylation is 1. The Labute approximate surface area is 154 Å². The van der Waals surface area contributed by atoms with Crippen molar-refractivity contribution in [2.75, 3.05) is 0 Å². The molecule has 0 aliphatic heterocycles. The molecule has 128 valence electrons. The maximum absolute atomic E-state index is 13.4. The Kier molecular flexibility index (Phi) is 5.79. The van der Waals surface area contributed by atoms with Crippen molar-refractivity contribution < 1.29 is 9.18 Å². The standard InChI is InChI=1S/C19H16ClFN2OS/c20-16-3-1-13(9-17(16)21)2-4-19(24)23-11-14-5-7-22-18(10-14)15-6-8-25-12-15/h1,3,5-10,12H,2,4,11H2,(H,23,24). The van der Waals surface area contributed by atoms with Gasteiger partial charge in [0.25, 0.3) is 0 Å². The number of pyridine rings is 1. The minimum Gasteiger partial charge on any atom is -0.352 e. The fourth-order valence-corrected chi connectivity index (χ4v) is 3.16. The summed E-state index contributed by atoms with van der Waals surface area (Å²) in [5.74, 6) is -0.540. The number of carbonyl (C=O) groups is 1. The normalized spacial score (nSPS) is 10.6.